The van der Waals surface area contributed by atoms with E-state index in [9.17, 15) is 4.79 Å². The standard InChI is InChI=1S/C9H8O.6H2O/c10-8-4-7-9-5-2-1-3-6-9;;;;;;/h1-8H;6*1H2. The van der Waals surface area contributed by atoms with Crippen LogP contribution in [0, 0.1) is 0 Å². The van der Waals surface area contributed by atoms with Gasteiger partial charge in [0.1, 0.15) is 6.29 Å². The third kappa shape index (κ3) is 14.9. The van der Waals surface area contributed by atoms with Crippen LogP contribution >= 0.6 is 0 Å². The molecule has 0 unspecified atom stereocenters. The third-order valence-electron chi connectivity index (χ3n) is 1.17. The molecule has 0 aliphatic carbocycles. The number of hydrogen-bond donors (Lipinski definition) is 0. The highest BCUT2D eigenvalue weighted by molar-refractivity contribution is 5.73. The van der Waals surface area contributed by atoms with Crippen LogP contribution in [0.2, 0.25) is 0 Å². The maximum Gasteiger partial charge on any atom is 0.142 e. The van der Waals surface area contributed by atoms with Crippen molar-refractivity contribution in [2.24, 2.45) is 0 Å². The summed E-state index contributed by atoms with van der Waals surface area (Å²) in [7, 11) is 0. The zero-order chi connectivity index (χ0) is 7.23. The number of aldehydes is 1. The fourth-order valence-corrected chi connectivity index (χ4v) is 0.715. The second-order valence-electron chi connectivity index (χ2n) is 1.91. The Hall–Kier alpha value is -1.61. The van der Waals surface area contributed by atoms with Gasteiger partial charge in [0.2, 0.25) is 0 Å². The van der Waals surface area contributed by atoms with Gasteiger partial charge in [-0.2, -0.15) is 0 Å². The van der Waals surface area contributed by atoms with Gasteiger partial charge in [0.25, 0.3) is 0 Å². The van der Waals surface area contributed by atoms with E-state index in [2.05, 4.69) is 0 Å². The Morgan fingerprint density at radius 2 is 1.19 bits per heavy atom. The number of carbonyl (C=O) groups excluding carboxylic acids is 1. The highest BCUT2D eigenvalue weighted by atomic mass is 16.1. The average Bonchev–Trinajstić information content (AvgIpc) is 2.03. The number of carbonyl (C=O) groups is 1. The van der Waals surface area contributed by atoms with Crippen LogP contribution in [0.25, 0.3) is 6.08 Å². The van der Waals surface area contributed by atoms with E-state index < -0.39 is 0 Å². The van der Waals surface area contributed by atoms with Crippen LogP contribution < -0.4 is 0 Å². The lowest BCUT2D eigenvalue weighted by atomic mass is 10.2. The first-order valence-electron chi connectivity index (χ1n) is 3.10. The van der Waals surface area contributed by atoms with Gasteiger partial charge >= 0.3 is 0 Å². The SMILES string of the molecule is O.O.O.O.O.O.O=CC=Cc1ccccc1. The van der Waals surface area contributed by atoms with Gasteiger partial charge in [-0.05, 0) is 11.6 Å². The van der Waals surface area contributed by atoms with Crippen molar-refractivity contribution in [1.82, 2.24) is 0 Å². The fourth-order valence-electron chi connectivity index (χ4n) is 0.715. The number of benzene rings is 1. The van der Waals surface area contributed by atoms with Crippen molar-refractivity contribution < 1.29 is 37.7 Å². The topological polar surface area (TPSA) is 206 Å². The predicted molar refractivity (Wildman–Crippen MR) is 63.2 cm³/mol. The molecule has 98 valence electrons. The van der Waals surface area contributed by atoms with Crippen LogP contribution in [0.5, 0.6) is 0 Å². The molecule has 0 aliphatic rings. The zero-order valence-electron chi connectivity index (χ0n) is 8.53. The van der Waals surface area contributed by atoms with E-state index in [4.69, 9.17) is 0 Å². The van der Waals surface area contributed by atoms with Crippen LogP contribution in [0.15, 0.2) is 36.4 Å². The Morgan fingerprint density at radius 3 is 1.56 bits per heavy atom. The molecule has 1 aromatic rings. The van der Waals surface area contributed by atoms with Crippen molar-refractivity contribution in [2.75, 3.05) is 0 Å². The van der Waals surface area contributed by atoms with Gasteiger partial charge < -0.3 is 32.9 Å². The normalized spacial score (nSPS) is 6.25. The van der Waals surface area contributed by atoms with E-state index in [1.807, 2.05) is 30.3 Å². The molecule has 0 spiro atoms. The number of allylic oxidation sites excluding steroid dienone is 1. The van der Waals surface area contributed by atoms with Crippen molar-refractivity contribution in [3.8, 4) is 0 Å². The number of hydrogen-bond acceptors (Lipinski definition) is 1. The first-order valence-corrected chi connectivity index (χ1v) is 3.10. The molecule has 0 heterocycles. The van der Waals surface area contributed by atoms with Crippen LogP contribution in [-0.2, 0) is 4.79 Å². The molecule has 7 heteroatoms. The van der Waals surface area contributed by atoms with E-state index in [1.54, 1.807) is 6.08 Å². The molecule has 0 atom stereocenters. The molecule has 7 nitrogen and oxygen atoms in total. The molecular weight excluding hydrogens is 220 g/mol. The summed E-state index contributed by atoms with van der Waals surface area (Å²) in [6, 6.07) is 9.70. The second-order valence-corrected chi connectivity index (χ2v) is 1.91. The molecule has 0 bridgehead atoms. The summed E-state index contributed by atoms with van der Waals surface area (Å²) in [6.07, 6.45) is 4.02. The van der Waals surface area contributed by atoms with E-state index >= 15 is 0 Å². The summed E-state index contributed by atoms with van der Waals surface area (Å²) in [4.78, 5) is 9.89. The predicted octanol–water partition coefficient (Wildman–Crippen LogP) is -3.05. The van der Waals surface area contributed by atoms with E-state index in [-0.39, 0.29) is 32.9 Å². The lowest BCUT2D eigenvalue weighted by molar-refractivity contribution is -0.104. The van der Waals surface area contributed by atoms with Gasteiger partial charge in [-0.3, -0.25) is 4.79 Å². The monoisotopic (exact) mass is 240 g/mol. The molecule has 1 aromatic carbocycles. The molecule has 1 rings (SSSR count). The van der Waals surface area contributed by atoms with Crippen molar-refractivity contribution >= 4 is 12.4 Å². The number of rotatable bonds is 2. The Bertz CT molecular complexity index is 235. The summed E-state index contributed by atoms with van der Waals surface area (Å²) >= 11 is 0. The summed E-state index contributed by atoms with van der Waals surface area (Å²) in [5.41, 5.74) is 1.05. The third-order valence-corrected chi connectivity index (χ3v) is 1.17. The molecule has 12 N–H and O–H groups in total. The highest BCUT2D eigenvalue weighted by Crippen LogP contribution is 1.99. The first-order chi connectivity index (χ1) is 4.93. The highest BCUT2D eigenvalue weighted by Gasteiger charge is 1.79. The van der Waals surface area contributed by atoms with Gasteiger partial charge in [-0.1, -0.05) is 36.4 Å². The van der Waals surface area contributed by atoms with Crippen molar-refractivity contribution in [1.29, 1.82) is 0 Å². The van der Waals surface area contributed by atoms with Gasteiger partial charge in [-0.25, -0.2) is 0 Å². The van der Waals surface area contributed by atoms with E-state index in [1.165, 1.54) is 6.08 Å². The summed E-state index contributed by atoms with van der Waals surface area (Å²) < 4.78 is 0. The zero-order valence-corrected chi connectivity index (χ0v) is 8.53. The maximum atomic E-state index is 9.89. The Morgan fingerprint density at radius 1 is 0.750 bits per heavy atom. The van der Waals surface area contributed by atoms with Gasteiger partial charge in [0.05, 0.1) is 0 Å². The summed E-state index contributed by atoms with van der Waals surface area (Å²) in [5, 5.41) is 0. The van der Waals surface area contributed by atoms with Crippen LogP contribution in [0.3, 0.4) is 0 Å². The van der Waals surface area contributed by atoms with Crippen molar-refractivity contribution in [2.45, 2.75) is 0 Å². The molecule has 0 radical (unpaired) electrons. The fraction of sp³-hybridized carbons (Fsp3) is 0. The van der Waals surface area contributed by atoms with Crippen molar-refractivity contribution in [3.05, 3.63) is 42.0 Å². The molecule has 0 aliphatic heterocycles. The minimum Gasteiger partial charge on any atom is -0.412 e. The van der Waals surface area contributed by atoms with Crippen molar-refractivity contribution in [3.63, 3.8) is 0 Å². The molecule has 0 amide bonds. The maximum absolute atomic E-state index is 9.89. The van der Waals surface area contributed by atoms with Gasteiger partial charge in [0, 0.05) is 0 Å². The van der Waals surface area contributed by atoms with Gasteiger partial charge in [-0.15, -0.1) is 0 Å². The molecule has 0 saturated carbocycles. The van der Waals surface area contributed by atoms with Crippen LogP contribution in [0.1, 0.15) is 5.56 Å². The van der Waals surface area contributed by atoms with E-state index in [0.717, 1.165) is 11.8 Å². The first kappa shape index (κ1) is 36.7. The van der Waals surface area contributed by atoms with Crippen LogP contribution in [-0.4, -0.2) is 39.1 Å². The Balaban J connectivity index is -0.0000000417. The minimum absolute atomic E-state index is 0. The average molecular weight is 240 g/mol. The Labute approximate surface area is 92.9 Å². The second kappa shape index (κ2) is 23.3. The summed E-state index contributed by atoms with van der Waals surface area (Å²) in [6.45, 7) is 0. The smallest absolute Gasteiger partial charge is 0.142 e. The van der Waals surface area contributed by atoms with Crippen LogP contribution in [0.4, 0.5) is 0 Å². The minimum atomic E-state index is 0. The lowest BCUT2D eigenvalue weighted by Gasteiger charge is -1.86. The van der Waals surface area contributed by atoms with E-state index in [0.29, 0.717) is 0 Å². The molecular formula is C9H20O7. The molecule has 16 heavy (non-hydrogen) atoms. The lowest BCUT2D eigenvalue weighted by Crippen LogP contribution is -1.67. The largest absolute Gasteiger partial charge is 0.412 e. The molecule has 0 aromatic heterocycles. The Kier molecular flexibility index (Phi) is 53.4. The van der Waals surface area contributed by atoms with Gasteiger partial charge in [0.15, 0.2) is 0 Å². The molecule has 0 saturated heterocycles. The summed E-state index contributed by atoms with van der Waals surface area (Å²) in [5.74, 6) is 0. The quantitative estimate of drug-likeness (QED) is 0.383. The molecule has 0 fully saturated rings.